The van der Waals surface area contributed by atoms with Crippen LogP contribution in [0.5, 0.6) is 0 Å². The summed E-state index contributed by atoms with van der Waals surface area (Å²) in [5.41, 5.74) is 1.88. The molecule has 0 saturated heterocycles. The smallest absolute Gasteiger partial charge is 0.328 e. The van der Waals surface area contributed by atoms with Gasteiger partial charge in [0.1, 0.15) is 11.7 Å². The maximum Gasteiger partial charge on any atom is 0.328 e. The van der Waals surface area contributed by atoms with E-state index >= 15 is 0 Å². The van der Waals surface area contributed by atoms with Gasteiger partial charge >= 0.3 is 5.97 Å². The molecule has 0 fully saturated rings. The number of hydrogen-bond donors (Lipinski definition) is 2. The fourth-order valence-corrected chi connectivity index (χ4v) is 2.34. The van der Waals surface area contributed by atoms with Gasteiger partial charge in [-0.2, -0.15) is 10.2 Å². The summed E-state index contributed by atoms with van der Waals surface area (Å²) in [5, 5.41) is 20.7. The summed E-state index contributed by atoms with van der Waals surface area (Å²) in [7, 11) is 0. The van der Waals surface area contributed by atoms with Crippen LogP contribution in [0.4, 0.5) is 0 Å². The van der Waals surface area contributed by atoms with Gasteiger partial charge in [0.15, 0.2) is 0 Å². The molecule has 1 atom stereocenters. The fraction of sp³-hybridized carbons (Fsp3) is 0.467. The topological polar surface area (TPSA) is 102 Å². The molecule has 2 heterocycles. The van der Waals surface area contributed by atoms with Crippen molar-refractivity contribution < 1.29 is 14.7 Å². The molecule has 0 aliphatic heterocycles. The fourth-order valence-electron chi connectivity index (χ4n) is 2.20. The Balaban J connectivity index is 1.83. The Kier molecular flexibility index (Phi) is 5.61. The summed E-state index contributed by atoms with van der Waals surface area (Å²) in [6.07, 6.45) is 2.17. The van der Waals surface area contributed by atoms with Gasteiger partial charge < -0.3 is 10.4 Å². The maximum absolute atomic E-state index is 12.0. The molecule has 2 N–H and O–H groups in total. The Bertz CT molecular complexity index is 752. The third kappa shape index (κ3) is 3.94. The molecule has 0 aliphatic carbocycles. The summed E-state index contributed by atoms with van der Waals surface area (Å²) in [6, 6.07) is 0.678. The second-order valence-electron chi connectivity index (χ2n) is 5.51. The molecule has 9 heteroatoms. The predicted octanol–water partition coefficient (Wildman–Crippen LogP) is 1.82. The highest BCUT2D eigenvalue weighted by Gasteiger charge is 2.16. The molecule has 2 aromatic heterocycles. The van der Waals surface area contributed by atoms with E-state index in [9.17, 15) is 9.59 Å². The zero-order valence-electron chi connectivity index (χ0n) is 13.8. The second-order valence-corrected chi connectivity index (χ2v) is 5.89. The van der Waals surface area contributed by atoms with Crippen molar-refractivity contribution in [1.82, 2.24) is 24.9 Å². The number of carboxylic acid groups (broad SMARTS) is 1. The lowest BCUT2D eigenvalue weighted by Crippen LogP contribution is -2.26. The van der Waals surface area contributed by atoms with Crippen molar-refractivity contribution in [2.75, 3.05) is 6.54 Å². The number of nitrogens with one attached hydrogen (secondary N) is 1. The number of carbonyl (C=O) groups is 2. The molecule has 1 unspecified atom stereocenters. The van der Waals surface area contributed by atoms with Gasteiger partial charge in [0.05, 0.1) is 16.4 Å². The highest BCUT2D eigenvalue weighted by Crippen LogP contribution is 2.18. The van der Waals surface area contributed by atoms with Crippen LogP contribution in [0.3, 0.4) is 0 Å². The zero-order chi connectivity index (χ0) is 17.9. The summed E-state index contributed by atoms with van der Waals surface area (Å²) < 4.78 is 3.06. The van der Waals surface area contributed by atoms with Gasteiger partial charge in [-0.1, -0.05) is 11.6 Å². The summed E-state index contributed by atoms with van der Waals surface area (Å²) >= 11 is 6.09. The SMILES string of the molecule is Cc1nn(CCCNC(=O)c2ccn(C(C)C(=O)O)n2)c(C)c1Cl. The Morgan fingerprint density at radius 2 is 2.08 bits per heavy atom. The Morgan fingerprint density at radius 1 is 1.38 bits per heavy atom. The van der Waals surface area contributed by atoms with Crippen LogP contribution < -0.4 is 5.32 Å². The highest BCUT2D eigenvalue weighted by molar-refractivity contribution is 6.31. The van der Waals surface area contributed by atoms with E-state index in [2.05, 4.69) is 15.5 Å². The molecule has 0 bridgehead atoms. The molecular weight excluding hydrogens is 334 g/mol. The lowest BCUT2D eigenvalue weighted by molar-refractivity contribution is -0.140. The van der Waals surface area contributed by atoms with Crippen molar-refractivity contribution in [3.63, 3.8) is 0 Å². The monoisotopic (exact) mass is 353 g/mol. The van der Waals surface area contributed by atoms with Gasteiger partial charge in [0.25, 0.3) is 5.91 Å². The van der Waals surface area contributed by atoms with Crippen molar-refractivity contribution in [3.05, 3.63) is 34.4 Å². The largest absolute Gasteiger partial charge is 0.480 e. The first kappa shape index (κ1) is 18.0. The first-order valence-corrected chi connectivity index (χ1v) is 7.94. The molecule has 130 valence electrons. The molecule has 2 aromatic rings. The minimum absolute atomic E-state index is 0.192. The van der Waals surface area contributed by atoms with Crippen LogP contribution in [-0.2, 0) is 11.3 Å². The Hall–Kier alpha value is -2.35. The van der Waals surface area contributed by atoms with Crippen LogP contribution in [0.2, 0.25) is 5.02 Å². The number of halogens is 1. The van der Waals surface area contributed by atoms with Gasteiger partial charge in [-0.3, -0.25) is 14.2 Å². The van der Waals surface area contributed by atoms with Crippen molar-refractivity contribution in [2.45, 2.75) is 39.8 Å². The lowest BCUT2D eigenvalue weighted by atomic mass is 10.3. The van der Waals surface area contributed by atoms with Gasteiger partial charge in [-0.25, -0.2) is 4.79 Å². The number of aromatic nitrogens is 4. The predicted molar refractivity (Wildman–Crippen MR) is 88.2 cm³/mol. The van der Waals surface area contributed by atoms with E-state index in [1.807, 2.05) is 18.5 Å². The molecule has 0 radical (unpaired) electrons. The number of nitrogens with zero attached hydrogens (tertiary/aromatic N) is 4. The van der Waals surface area contributed by atoms with E-state index in [0.717, 1.165) is 11.4 Å². The summed E-state index contributed by atoms with van der Waals surface area (Å²) in [5.74, 6) is -1.34. The van der Waals surface area contributed by atoms with Crippen molar-refractivity contribution in [2.24, 2.45) is 0 Å². The van der Waals surface area contributed by atoms with Crippen LogP contribution in [0.25, 0.3) is 0 Å². The van der Waals surface area contributed by atoms with Crippen LogP contribution in [0, 0.1) is 13.8 Å². The van der Waals surface area contributed by atoms with E-state index < -0.39 is 12.0 Å². The third-order valence-corrected chi connectivity index (χ3v) is 4.27. The minimum atomic E-state index is -1.01. The summed E-state index contributed by atoms with van der Waals surface area (Å²) in [6.45, 7) is 6.34. The molecule has 0 saturated carbocycles. The normalized spacial score (nSPS) is 12.2. The zero-order valence-corrected chi connectivity index (χ0v) is 14.5. The van der Waals surface area contributed by atoms with E-state index in [1.54, 1.807) is 0 Å². The van der Waals surface area contributed by atoms with Crippen LogP contribution in [0.15, 0.2) is 12.3 Å². The van der Waals surface area contributed by atoms with Crippen molar-refractivity contribution >= 4 is 23.5 Å². The van der Waals surface area contributed by atoms with Crippen LogP contribution >= 0.6 is 11.6 Å². The number of aliphatic carboxylic acids is 1. The quantitative estimate of drug-likeness (QED) is 0.739. The standard InChI is InChI=1S/C15H20ClN5O3/c1-9-13(16)10(2)20(18-9)7-4-6-17-14(22)12-5-8-21(19-12)11(3)15(23)24/h5,8,11H,4,6-7H2,1-3H3,(H,17,22)(H,23,24). The van der Waals surface area contributed by atoms with Gasteiger partial charge in [-0.05, 0) is 33.3 Å². The van der Waals surface area contributed by atoms with Crippen LogP contribution in [0.1, 0.15) is 41.3 Å². The summed E-state index contributed by atoms with van der Waals surface area (Å²) in [4.78, 5) is 22.9. The highest BCUT2D eigenvalue weighted by atomic mass is 35.5. The number of hydrogen-bond acceptors (Lipinski definition) is 4. The van der Waals surface area contributed by atoms with Gasteiger partial charge in [0, 0.05) is 19.3 Å². The van der Waals surface area contributed by atoms with E-state index in [4.69, 9.17) is 16.7 Å². The number of amides is 1. The Morgan fingerprint density at radius 3 is 2.67 bits per heavy atom. The average molecular weight is 354 g/mol. The third-order valence-electron chi connectivity index (χ3n) is 3.72. The maximum atomic E-state index is 12.0. The van der Waals surface area contributed by atoms with Crippen molar-refractivity contribution in [1.29, 1.82) is 0 Å². The molecule has 8 nitrogen and oxygen atoms in total. The first-order valence-electron chi connectivity index (χ1n) is 7.57. The molecular formula is C15H20ClN5O3. The number of aryl methyl sites for hydroxylation is 2. The number of carboxylic acids is 1. The first-order chi connectivity index (χ1) is 11.3. The lowest BCUT2D eigenvalue weighted by Gasteiger charge is -2.07. The average Bonchev–Trinajstić information content (AvgIpc) is 3.12. The van der Waals surface area contributed by atoms with E-state index in [0.29, 0.717) is 24.5 Å². The minimum Gasteiger partial charge on any atom is -0.480 e. The van der Waals surface area contributed by atoms with Crippen LogP contribution in [-0.4, -0.2) is 43.1 Å². The van der Waals surface area contributed by atoms with Gasteiger partial charge in [0.2, 0.25) is 0 Å². The molecule has 0 aromatic carbocycles. The van der Waals surface area contributed by atoms with Gasteiger partial charge in [-0.15, -0.1) is 0 Å². The molecule has 0 spiro atoms. The number of carbonyl (C=O) groups excluding carboxylic acids is 1. The van der Waals surface area contributed by atoms with E-state index in [1.165, 1.54) is 23.9 Å². The Labute approximate surface area is 144 Å². The van der Waals surface area contributed by atoms with E-state index in [-0.39, 0.29) is 11.6 Å². The number of rotatable bonds is 7. The molecule has 0 aliphatic rings. The van der Waals surface area contributed by atoms with Crippen molar-refractivity contribution in [3.8, 4) is 0 Å². The second kappa shape index (κ2) is 7.48. The molecule has 1 amide bonds. The molecule has 24 heavy (non-hydrogen) atoms. The molecule has 2 rings (SSSR count).